The number of rotatable bonds is 8. The Morgan fingerprint density at radius 2 is 1.69 bits per heavy atom. The molecule has 0 unspecified atom stereocenters. The van der Waals surface area contributed by atoms with Gasteiger partial charge in [0.25, 0.3) is 0 Å². The van der Waals surface area contributed by atoms with E-state index in [1.807, 2.05) is 38.1 Å². The largest absolute Gasteiger partial charge is 0.494 e. The number of carbonyl (C=O) groups is 2. The van der Waals surface area contributed by atoms with Crippen molar-refractivity contribution in [1.82, 2.24) is 0 Å². The fraction of sp³-hybridized carbons (Fsp3) is 0.333. The van der Waals surface area contributed by atoms with Crippen molar-refractivity contribution in [3.8, 4) is 5.75 Å². The zero-order chi connectivity index (χ0) is 19.1. The van der Waals surface area contributed by atoms with Gasteiger partial charge < -0.3 is 15.2 Å². The molecule has 0 aliphatic heterocycles. The van der Waals surface area contributed by atoms with Gasteiger partial charge in [-0.15, -0.1) is 0 Å². The monoisotopic (exact) mass is 355 g/mol. The molecule has 5 heteroatoms. The highest BCUT2D eigenvalue weighted by Gasteiger charge is 2.30. The average Bonchev–Trinajstić information content (AvgIpc) is 2.62. The molecule has 5 nitrogen and oxygen atoms in total. The third-order valence-electron chi connectivity index (χ3n) is 4.34. The van der Waals surface area contributed by atoms with E-state index < -0.39 is 17.8 Å². The number of ether oxygens (including phenoxy) is 1. The summed E-state index contributed by atoms with van der Waals surface area (Å²) < 4.78 is 5.37. The van der Waals surface area contributed by atoms with Crippen molar-refractivity contribution in [2.45, 2.75) is 27.2 Å². The number of benzene rings is 2. The molecule has 138 valence electrons. The van der Waals surface area contributed by atoms with E-state index in [4.69, 9.17) is 4.74 Å². The second-order valence-corrected chi connectivity index (χ2v) is 6.37. The highest BCUT2D eigenvalue weighted by molar-refractivity contribution is 5.94. The standard InChI is InChI=1S/C21H25NO4/c1-4-26-18-11-9-17(10-12-18)22-20(23)15(3)19(21(24)25)13-16-7-5-14(2)6-8-16/h5-12,15,19H,4,13H2,1-3H3,(H,22,23)(H,24,25)/t15-,19-/m0/s1. The summed E-state index contributed by atoms with van der Waals surface area (Å²) in [5.41, 5.74) is 2.63. The highest BCUT2D eigenvalue weighted by atomic mass is 16.5. The topological polar surface area (TPSA) is 75.6 Å². The van der Waals surface area contributed by atoms with Crippen LogP contribution in [0.3, 0.4) is 0 Å². The molecule has 2 aromatic carbocycles. The molecule has 0 saturated carbocycles. The zero-order valence-electron chi connectivity index (χ0n) is 15.4. The van der Waals surface area contributed by atoms with Crippen molar-refractivity contribution in [1.29, 1.82) is 0 Å². The van der Waals surface area contributed by atoms with Crippen molar-refractivity contribution in [2.75, 3.05) is 11.9 Å². The van der Waals surface area contributed by atoms with Crippen LogP contribution in [-0.2, 0) is 16.0 Å². The number of hydrogen-bond acceptors (Lipinski definition) is 3. The number of carboxylic acids is 1. The maximum Gasteiger partial charge on any atom is 0.307 e. The van der Waals surface area contributed by atoms with Gasteiger partial charge in [-0.25, -0.2) is 0 Å². The molecule has 0 heterocycles. The number of carbonyl (C=O) groups excluding carboxylic acids is 1. The van der Waals surface area contributed by atoms with Crippen LogP contribution in [0.4, 0.5) is 5.69 Å². The Balaban J connectivity index is 2.04. The first kappa shape index (κ1) is 19.5. The summed E-state index contributed by atoms with van der Waals surface area (Å²) in [7, 11) is 0. The Labute approximate surface area is 154 Å². The summed E-state index contributed by atoms with van der Waals surface area (Å²) in [5, 5.41) is 12.4. The van der Waals surface area contributed by atoms with Gasteiger partial charge >= 0.3 is 5.97 Å². The minimum absolute atomic E-state index is 0.311. The second kappa shape index (κ2) is 9.04. The van der Waals surface area contributed by atoms with Gasteiger partial charge in [0.05, 0.1) is 12.5 Å². The van der Waals surface area contributed by atoms with E-state index in [9.17, 15) is 14.7 Å². The van der Waals surface area contributed by atoms with Gasteiger partial charge in [-0.3, -0.25) is 9.59 Å². The van der Waals surface area contributed by atoms with Gasteiger partial charge in [0.15, 0.2) is 0 Å². The molecular formula is C21H25NO4. The number of carboxylic acid groups (broad SMARTS) is 1. The summed E-state index contributed by atoms with van der Waals surface area (Å²) in [5.74, 6) is -2.02. The van der Waals surface area contributed by atoms with Crippen molar-refractivity contribution < 1.29 is 19.4 Å². The Hall–Kier alpha value is -2.82. The number of hydrogen-bond donors (Lipinski definition) is 2. The van der Waals surface area contributed by atoms with Crippen molar-refractivity contribution in [3.05, 3.63) is 59.7 Å². The first-order chi connectivity index (χ1) is 12.4. The van der Waals surface area contributed by atoms with E-state index in [-0.39, 0.29) is 5.91 Å². The average molecular weight is 355 g/mol. The van der Waals surface area contributed by atoms with Gasteiger partial charge in [0, 0.05) is 11.6 Å². The summed E-state index contributed by atoms with van der Waals surface area (Å²) >= 11 is 0. The number of nitrogens with one attached hydrogen (secondary N) is 1. The van der Waals surface area contributed by atoms with E-state index in [1.165, 1.54) is 0 Å². The zero-order valence-corrected chi connectivity index (χ0v) is 15.4. The number of aryl methyl sites for hydroxylation is 1. The number of amides is 1. The van der Waals surface area contributed by atoms with Crippen LogP contribution in [0.2, 0.25) is 0 Å². The molecule has 0 spiro atoms. The minimum Gasteiger partial charge on any atom is -0.494 e. The quantitative estimate of drug-likeness (QED) is 0.753. The van der Waals surface area contributed by atoms with Crippen LogP contribution in [0.25, 0.3) is 0 Å². The molecule has 2 N–H and O–H groups in total. The van der Waals surface area contributed by atoms with E-state index in [1.54, 1.807) is 31.2 Å². The summed E-state index contributed by atoms with van der Waals surface area (Å²) in [6.07, 6.45) is 0.313. The van der Waals surface area contributed by atoms with Crippen LogP contribution in [0.1, 0.15) is 25.0 Å². The molecule has 2 rings (SSSR count). The molecule has 0 bridgehead atoms. The van der Waals surface area contributed by atoms with E-state index in [0.29, 0.717) is 18.7 Å². The normalized spacial score (nSPS) is 12.9. The van der Waals surface area contributed by atoms with Gasteiger partial charge in [0.2, 0.25) is 5.91 Å². The third-order valence-corrected chi connectivity index (χ3v) is 4.34. The fourth-order valence-electron chi connectivity index (χ4n) is 2.70. The molecule has 2 aromatic rings. The molecule has 0 fully saturated rings. The van der Waals surface area contributed by atoms with Gasteiger partial charge in [-0.1, -0.05) is 36.8 Å². The van der Waals surface area contributed by atoms with Crippen LogP contribution in [-0.4, -0.2) is 23.6 Å². The third kappa shape index (κ3) is 5.34. The number of aliphatic carboxylic acids is 1. The fourth-order valence-corrected chi connectivity index (χ4v) is 2.70. The van der Waals surface area contributed by atoms with Crippen molar-refractivity contribution in [3.63, 3.8) is 0 Å². The Morgan fingerprint density at radius 1 is 1.08 bits per heavy atom. The SMILES string of the molecule is CCOc1ccc(NC(=O)[C@@H](C)[C@H](Cc2ccc(C)cc2)C(=O)O)cc1. The maximum absolute atomic E-state index is 12.5. The molecule has 0 saturated heterocycles. The minimum atomic E-state index is -0.972. The Bertz CT molecular complexity index is 738. The summed E-state index contributed by atoms with van der Waals surface area (Å²) in [6.45, 7) is 6.10. The molecule has 2 atom stereocenters. The lowest BCUT2D eigenvalue weighted by atomic mass is 9.87. The first-order valence-electron chi connectivity index (χ1n) is 8.72. The van der Waals surface area contributed by atoms with Crippen molar-refractivity contribution in [2.24, 2.45) is 11.8 Å². The second-order valence-electron chi connectivity index (χ2n) is 6.37. The van der Waals surface area contributed by atoms with Gasteiger partial charge in [-0.2, -0.15) is 0 Å². The van der Waals surface area contributed by atoms with E-state index in [2.05, 4.69) is 5.32 Å². The van der Waals surface area contributed by atoms with Crippen LogP contribution >= 0.6 is 0 Å². The Kier molecular flexibility index (Phi) is 6.78. The van der Waals surface area contributed by atoms with E-state index in [0.717, 1.165) is 16.9 Å². The smallest absolute Gasteiger partial charge is 0.307 e. The summed E-state index contributed by atoms with van der Waals surface area (Å²) in [6, 6.07) is 14.7. The van der Waals surface area contributed by atoms with Crippen LogP contribution in [0.15, 0.2) is 48.5 Å². The van der Waals surface area contributed by atoms with Gasteiger partial charge in [0.1, 0.15) is 5.75 Å². The molecule has 0 aliphatic rings. The Morgan fingerprint density at radius 3 is 2.23 bits per heavy atom. The van der Waals surface area contributed by atoms with Crippen LogP contribution < -0.4 is 10.1 Å². The van der Waals surface area contributed by atoms with Gasteiger partial charge in [-0.05, 0) is 50.1 Å². The predicted molar refractivity (Wildman–Crippen MR) is 101 cm³/mol. The molecule has 0 aliphatic carbocycles. The van der Waals surface area contributed by atoms with Crippen molar-refractivity contribution >= 4 is 17.6 Å². The lowest BCUT2D eigenvalue weighted by Crippen LogP contribution is -2.33. The lowest BCUT2D eigenvalue weighted by Gasteiger charge is -2.20. The van der Waals surface area contributed by atoms with Crippen LogP contribution in [0.5, 0.6) is 5.75 Å². The number of anilines is 1. The molecular weight excluding hydrogens is 330 g/mol. The summed E-state index contributed by atoms with van der Waals surface area (Å²) in [4.78, 5) is 24.2. The first-order valence-corrected chi connectivity index (χ1v) is 8.72. The lowest BCUT2D eigenvalue weighted by molar-refractivity contribution is -0.145. The molecule has 26 heavy (non-hydrogen) atoms. The predicted octanol–water partition coefficient (Wildman–Crippen LogP) is 3.91. The molecule has 1 amide bonds. The molecule has 0 aromatic heterocycles. The maximum atomic E-state index is 12.5. The van der Waals surface area contributed by atoms with E-state index >= 15 is 0 Å². The molecule has 0 radical (unpaired) electrons. The highest BCUT2D eigenvalue weighted by Crippen LogP contribution is 2.22. The van der Waals surface area contributed by atoms with Crippen LogP contribution in [0, 0.1) is 18.8 Å².